The molecule has 0 heterocycles. The van der Waals surface area contributed by atoms with Crippen LogP contribution in [-0.2, 0) is 9.53 Å². The van der Waals surface area contributed by atoms with E-state index >= 15 is 0 Å². The Bertz CT molecular complexity index is 784. The lowest BCUT2D eigenvalue weighted by Crippen LogP contribution is -2.35. The van der Waals surface area contributed by atoms with Crippen molar-refractivity contribution in [3.8, 4) is 0 Å². The third kappa shape index (κ3) is 7.30. The van der Waals surface area contributed by atoms with Crippen LogP contribution in [0.5, 0.6) is 0 Å². The van der Waals surface area contributed by atoms with E-state index in [1.165, 1.54) is 0 Å². The van der Waals surface area contributed by atoms with Gasteiger partial charge in [-0.3, -0.25) is 9.59 Å². The summed E-state index contributed by atoms with van der Waals surface area (Å²) in [5.41, 5.74) is 1.68. The van der Waals surface area contributed by atoms with Crippen LogP contribution < -0.4 is 10.6 Å². The van der Waals surface area contributed by atoms with E-state index in [-0.39, 0.29) is 17.5 Å². The molecule has 0 spiro atoms. The van der Waals surface area contributed by atoms with Crippen molar-refractivity contribution in [1.29, 1.82) is 0 Å². The van der Waals surface area contributed by atoms with Gasteiger partial charge in [0.2, 0.25) is 0 Å². The molecule has 0 atom stereocenters. The van der Waals surface area contributed by atoms with Crippen molar-refractivity contribution in [2.24, 2.45) is 0 Å². The number of rotatable bonds is 9. The summed E-state index contributed by atoms with van der Waals surface area (Å²) < 4.78 is 4.97. The average molecular weight is 364 g/mol. The molecule has 2 amide bonds. The molecule has 5 heteroatoms. The summed E-state index contributed by atoms with van der Waals surface area (Å²) in [7, 11) is 1.61. The molecular formula is C22H24N2O3. The zero-order chi connectivity index (χ0) is 19.3. The first-order valence-electron chi connectivity index (χ1n) is 8.77. The summed E-state index contributed by atoms with van der Waals surface area (Å²) in [4.78, 5) is 24.8. The summed E-state index contributed by atoms with van der Waals surface area (Å²) in [6, 6.07) is 18.5. The predicted octanol–water partition coefficient (Wildman–Crippen LogP) is 3.17. The second-order valence-electron chi connectivity index (χ2n) is 5.77. The van der Waals surface area contributed by atoms with Crippen LogP contribution in [0, 0.1) is 0 Å². The number of amides is 2. The second kappa shape index (κ2) is 11.4. The molecule has 2 rings (SSSR count). The first kappa shape index (κ1) is 20.1. The van der Waals surface area contributed by atoms with Crippen LogP contribution in [-0.4, -0.2) is 32.1 Å². The lowest BCUT2D eigenvalue weighted by Gasteiger charge is -2.10. The maximum atomic E-state index is 12.4. The van der Waals surface area contributed by atoms with E-state index in [1.54, 1.807) is 43.5 Å². The number of allylic oxidation sites excluding steroid dienone is 2. The Morgan fingerprint density at radius 1 is 1.00 bits per heavy atom. The van der Waals surface area contributed by atoms with Crippen molar-refractivity contribution in [2.45, 2.75) is 6.42 Å². The highest BCUT2D eigenvalue weighted by Crippen LogP contribution is 2.04. The van der Waals surface area contributed by atoms with Gasteiger partial charge in [0.25, 0.3) is 11.8 Å². The number of methoxy groups -OCH3 is 1. The first-order valence-corrected chi connectivity index (χ1v) is 8.77. The van der Waals surface area contributed by atoms with Gasteiger partial charge < -0.3 is 15.4 Å². The Labute approximate surface area is 159 Å². The summed E-state index contributed by atoms with van der Waals surface area (Å²) in [5, 5.41) is 5.48. The molecule has 2 aromatic carbocycles. The number of carbonyl (C=O) groups excluding carboxylic acids is 2. The van der Waals surface area contributed by atoms with Crippen LogP contribution >= 0.6 is 0 Å². The van der Waals surface area contributed by atoms with E-state index < -0.39 is 0 Å². The molecular weight excluding hydrogens is 340 g/mol. The van der Waals surface area contributed by atoms with Gasteiger partial charge in [0.05, 0.1) is 0 Å². The maximum Gasteiger partial charge on any atom is 0.267 e. The van der Waals surface area contributed by atoms with Gasteiger partial charge in [0.15, 0.2) is 0 Å². The Balaban J connectivity index is 2.09. The maximum absolute atomic E-state index is 12.4. The van der Waals surface area contributed by atoms with Gasteiger partial charge in [0.1, 0.15) is 5.70 Å². The third-order valence-corrected chi connectivity index (χ3v) is 3.69. The van der Waals surface area contributed by atoms with E-state index in [9.17, 15) is 9.59 Å². The summed E-state index contributed by atoms with van der Waals surface area (Å²) in [6.45, 7) is 1.03. The molecule has 0 aromatic heterocycles. The standard InChI is InChI=1S/C22H24N2O3/c1-27-17-9-16-23-22(26)20(15-8-12-18-10-4-2-5-11-18)24-21(25)19-13-6-3-7-14-19/h2-8,10-15H,9,16-17H2,1H3,(H,23,26)(H,24,25)/b12-8+,20-15-. The monoisotopic (exact) mass is 364 g/mol. The minimum absolute atomic E-state index is 0.188. The van der Waals surface area contributed by atoms with Gasteiger partial charge in [-0.2, -0.15) is 0 Å². The fourth-order valence-corrected chi connectivity index (χ4v) is 2.29. The summed E-state index contributed by atoms with van der Waals surface area (Å²) in [6.07, 6.45) is 5.90. The molecule has 0 radical (unpaired) electrons. The zero-order valence-corrected chi connectivity index (χ0v) is 15.4. The third-order valence-electron chi connectivity index (χ3n) is 3.69. The van der Waals surface area contributed by atoms with Gasteiger partial charge >= 0.3 is 0 Å². The number of hydrogen-bond donors (Lipinski definition) is 2. The zero-order valence-electron chi connectivity index (χ0n) is 15.4. The predicted molar refractivity (Wildman–Crippen MR) is 107 cm³/mol. The molecule has 2 N–H and O–H groups in total. The smallest absolute Gasteiger partial charge is 0.267 e. The Hall–Kier alpha value is -3.18. The highest BCUT2D eigenvalue weighted by Gasteiger charge is 2.13. The molecule has 2 aromatic rings. The van der Waals surface area contributed by atoms with Gasteiger partial charge in [-0.15, -0.1) is 0 Å². The molecule has 0 saturated carbocycles. The van der Waals surface area contributed by atoms with E-state index in [1.807, 2.05) is 42.5 Å². The fourth-order valence-electron chi connectivity index (χ4n) is 2.29. The van der Waals surface area contributed by atoms with Crippen molar-refractivity contribution >= 4 is 17.9 Å². The molecule has 0 unspecified atom stereocenters. The van der Waals surface area contributed by atoms with Crippen LogP contribution in [0.1, 0.15) is 22.3 Å². The molecule has 27 heavy (non-hydrogen) atoms. The normalized spacial score (nSPS) is 11.4. The average Bonchev–Trinajstić information content (AvgIpc) is 2.71. The SMILES string of the molecule is COCCCNC(=O)/C(=C/C=C/c1ccccc1)NC(=O)c1ccccc1. The van der Waals surface area contributed by atoms with E-state index in [4.69, 9.17) is 4.74 Å². The van der Waals surface area contributed by atoms with Crippen LogP contribution in [0.4, 0.5) is 0 Å². The molecule has 0 aliphatic carbocycles. The van der Waals surface area contributed by atoms with Crippen molar-refractivity contribution in [3.63, 3.8) is 0 Å². The van der Waals surface area contributed by atoms with E-state index in [2.05, 4.69) is 10.6 Å². The highest BCUT2D eigenvalue weighted by atomic mass is 16.5. The number of hydrogen-bond acceptors (Lipinski definition) is 3. The molecule has 0 aliphatic rings. The molecule has 0 fully saturated rings. The fraction of sp³-hybridized carbons (Fsp3) is 0.182. The molecule has 0 aliphatic heterocycles. The number of carbonyl (C=O) groups is 2. The first-order chi connectivity index (χ1) is 13.2. The molecule has 140 valence electrons. The van der Waals surface area contributed by atoms with Crippen LogP contribution in [0.15, 0.2) is 78.5 Å². The topological polar surface area (TPSA) is 67.4 Å². The molecule has 5 nitrogen and oxygen atoms in total. The van der Waals surface area contributed by atoms with Gasteiger partial charge in [-0.25, -0.2) is 0 Å². The lowest BCUT2D eigenvalue weighted by molar-refractivity contribution is -0.117. The summed E-state index contributed by atoms with van der Waals surface area (Å²) in [5.74, 6) is -0.671. The lowest BCUT2D eigenvalue weighted by atomic mass is 10.2. The van der Waals surface area contributed by atoms with Crippen LogP contribution in [0.3, 0.4) is 0 Å². The van der Waals surface area contributed by atoms with Crippen molar-refractivity contribution < 1.29 is 14.3 Å². The van der Waals surface area contributed by atoms with Crippen LogP contribution in [0.2, 0.25) is 0 Å². The highest BCUT2D eigenvalue weighted by molar-refractivity contribution is 6.03. The van der Waals surface area contributed by atoms with Gasteiger partial charge in [-0.05, 0) is 30.2 Å². The Kier molecular flexibility index (Phi) is 8.53. The van der Waals surface area contributed by atoms with Crippen molar-refractivity contribution in [2.75, 3.05) is 20.3 Å². The van der Waals surface area contributed by atoms with Crippen molar-refractivity contribution in [1.82, 2.24) is 10.6 Å². The Morgan fingerprint density at radius 2 is 1.67 bits per heavy atom. The summed E-state index contributed by atoms with van der Waals surface area (Å²) >= 11 is 0. The van der Waals surface area contributed by atoms with Gasteiger partial charge in [0, 0.05) is 25.8 Å². The van der Waals surface area contributed by atoms with Crippen molar-refractivity contribution in [3.05, 3.63) is 89.6 Å². The Morgan fingerprint density at radius 3 is 2.33 bits per heavy atom. The number of ether oxygens (including phenoxy) is 1. The van der Waals surface area contributed by atoms with E-state index in [0.29, 0.717) is 25.1 Å². The minimum atomic E-state index is -0.340. The van der Waals surface area contributed by atoms with Crippen LogP contribution in [0.25, 0.3) is 6.08 Å². The minimum Gasteiger partial charge on any atom is -0.385 e. The van der Waals surface area contributed by atoms with Gasteiger partial charge in [-0.1, -0.05) is 60.7 Å². The van der Waals surface area contributed by atoms with E-state index in [0.717, 1.165) is 5.56 Å². The second-order valence-corrected chi connectivity index (χ2v) is 5.77. The molecule has 0 bridgehead atoms. The number of nitrogens with one attached hydrogen (secondary N) is 2. The largest absolute Gasteiger partial charge is 0.385 e. The number of benzene rings is 2. The quantitative estimate of drug-likeness (QED) is 0.408. The molecule has 0 saturated heterocycles.